The highest BCUT2D eigenvalue weighted by molar-refractivity contribution is 8.08. The van der Waals surface area contributed by atoms with Crippen LogP contribution in [0.4, 0.5) is 0 Å². The predicted octanol–water partition coefficient (Wildman–Crippen LogP) is 3.38. The van der Waals surface area contributed by atoms with E-state index in [-0.39, 0.29) is 60.8 Å². The highest BCUT2D eigenvalue weighted by Gasteiger charge is 2.65. The van der Waals surface area contributed by atoms with Gasteiger partial charge in [-0.15, -0.1) is 23.5 Å². The van der Waals surface area contributed by atoms with E-state index in [0.717, 1.165) is 24.2 Å². The molecule has 0 N–H and O–H groups in total. The van der Waals surface area contributed by atoms with Crippen LogP contribution >= 0.6 is 47.0 Å². The van der Waals surface area contributed by atoms with Gasteiger partial charge in [-0.2, -0.15) is 44.6 Å². The lowest BCUT2D eigenvalue weighted by molar-refractivity contribution is -0.146. The summed E-state index contributed by atoms with van der Waals surface area (Å²) in [6.45, 7) is 0. The maximum atomic E-state index is 13.2. The normalized spacial score (nSPS) is 45.7. The number of hydrogen-bond acceptors (Lipinski definition) is 10. The largest absolute Gasteiger partial charge is 0.469 e. The molecule has 4 aliphatic heterocycles. The maximum absolute atomic E-state index is 13.2. The minimum Gasteiger partial charge on any atom is -0.469 e. The molecule has 164 valence electrons. The molecule has 32 heavy (non-hydrogen) atoms. The summed E-state index contributed by atoms with van der Waals surface area (Å²) >= 11 is 7.03. The second-order valence-electron chi connectivity index (χ2n) is 8.69. The van der Waals surface area contributed by atoms with E-state index in [2.05, 4.69) is 24.3 Å². The van der Waals surface area contributed by atoms with Crippen LogP contribution in [0.25, 0.3) is 0 Å². The summed E-state index contributed by atoms with van der Waals surface area (Å²) in [5, 5.41) is 39.0. The van der Waals surface area contributed by atoms with E-state index >= 15 is 0 Å². The van der Waals surface area contributed by atoms with Crippen LogP contribution in [0.5, 0.6) is 0 Å². The molecule has 0 aromatic heterocycles. The molecule has 11 unspecified atom stereocenters. The van der Waals surface area contributed by atoms with Crippen molar-refractivity contribution in [2.45, 2.75) is 49.6 Å². The van der Waals surface area contributed by atoms with Gasteiger partial charge in [-0.05, 0) is 36.0 Å². The average Bonchev–Trinajstić information content (AvgIpc) is 3.59. The van der Waals surface area contributed by atoms with Crippen molar-refractivity contribution in [3.63, 3.8) is 0 Å². The van der Waals surface area contributed by atoms with Crippen LogP contribution in [-0.2, 0) is 9.53 Å². The van der Waals surface area contributed by atoms with Crippen molar-refractivity contribution in [1.82, 2.24) is 0 Å². The zero-order valence-corrected chi connectivity index (χ0v) is 20.5. The molecule has 0 radical (unpaired) electrons. The molecule has 5 fully saturated rings. The number of thioether (sulfide) groups is 4. The number of nitriles is 4. The lowest BCUT2D eigenvalue weighted by Gasteiger charge is -2.30. The predicted molar refractivity (Wildman–Crippen MR) is 126 cm³/mol. The number of nitrogens with zero attached hydrogens (tertiary/aromatic N) is 4. The minimum atomic E-state index is -0.440. The first-order chi connectivity index (χ1) is 15.6. The molecule has 0 aromatic rings. The van der Waals surface area contributed by atoms with Crippen molar-refractivity contribution in [2.24, 2.45) is 23.7 Å². The lowest BCUT2D eigenvalue weighted by Crippen LogP contribution is -2.39. The standard InChI is InChI=1S/C22H20N4O2S4/c1-28-22(27)16-15-14(9(5-23)6-24)11-2-3-29-17(11)19(15)32-20(16)21-18-12(13(8-26)31-21)4-10(7-25)30-18/h10-13,15-21H,2-4H2,1H3. The number of methoxy groups -OCH3 is 1. The number of allylic oxidation sites excluding steroid dienone is 2. The van der Waals surface area contributed by atoms with Crippen molar-refractivity contribution >= 4 is 53.0 Å². The Labute approximate surface area is 204 Å². The van der Waals surface area contributed by atoms with Gasteiger partial charge < -0.3 is 4.74 Å². The highest BCUT2D eigenvalue weighted by atomic mass is 32.2. The monoisotopic (exact) mass is 500 g/mol. The second-order valence-corrected chi connectivity index (χ2v) is 14.0. The van der Waals surface area contributed by atoms with E-state index < -0.39 is 5.92 Å². The SMILES string of the molecule is COC(=O)C1C(C2SC(C#N)C3CC(C#N)SC32)SC2C3SCCC3C(=C(C#N)C#N)C21. The van der Waals surface area contributed by atoms with Crippen molar-refractivity contribution in [1.29, 1.82) is 21.0 Å². The van der Waals surface area contributed by atoms with Gasteiger partial charge in [0.15, 0.2) is 0 Å². The van der Waals surface area contributed by atoms with Gasteiger partial charge in [0, 0.05) is 32.2 Å². The minimum absolute atomic E-state index is 0.0611. The Balaban J connectivity index is 1.56. The molecular weight excluding hydrogens is 481 g/mol. The molecule has 0 aromatic carbocycles. The lowest BCUT2D eigenvalue weighted by atomic mass is 9.79. The fourth-order valence-corrected chi connectivity index (χ4v) is 14.3. The zero-order valence-electron chi connectivity index (χ0n) is 17.2. The fraction of sp³-hybridized carbons (Fsp3) is 0.682. The maximum Gasteiger partial charge on any atom is 0.310 e. The van der Waals surface area contributed by atoms with Crippen LogP contribution in [0.1, 0.15) is 12.8 Å². The summed E-state index contributed by atoms with van der Waals surface area (Å²) in [7, 11) is 1.40. The van der Waals surface area contributed by atoms with E-state index in [9.17, 15) is 25.8 Å². The van der Waals surface area contributed by atoms with E-state index in [1.54, 1.807) is 23.5 Å². The van der Waals surface area contributed by atoms with Crippen molar-refractivity contribution in [2.75, 3.05) is 12.9 Å². The molecule has 11 atom stereocenters. The van der Waals surface area contributed by atoms with Crippen molar-refractivity contribution in [3.8, 4) is 24.3 Å². The fourth-order valence-electron chi connectivity index (χ4n) is 6.30. The molecule has 4 heterocycles. The number of esters is 1. The summed E-state index contributed by atoms with van der Waals surface area (Å²) in [5.41, 5.74) is 1.03. The summed E-state index contributed by atoms with van der Waals surface area (Å²) in [6.07, 6.45) is 1.65. The second kappa shape index (κ2) is 8.73. The molecule has 5 aliphatic rings. The molecule has 10 heteroatoms. The van der Waals surface area contributed by atoms with Crippen LogP contribution in [0.2, 0.25) is 0 Å². The highest BCUT2D eigenvalue weighted by Crippen LogP contribution is 2.66. The van der Waals surface area contributed by atoms with E-state index in [1.165, 1.54) is 7.11 Å². The van der Waals surface area contributed by atoms with Gasteiger partial charge in [-0.1, -0.05) is 0 Å². The Hall–Kier alpha value is -1.43. The summed E-state index contributed by atoms with van der Waals surface area (Å²) in [5.74, 6) is 0.425. The van der Waals surface area contributed by atoms with E-state index in [4.69, 9.17) is 4.74 Å². The molecule has 1 aliphatic carbocycles. The summed E-state index contributed by atoms with van der Waals surface area (Å²) in [6, 6.07) is 9.02. The first kappa shape index (κ1) is 22.4. The molecule has 5 rings (SSSR count). The molecule has 6 nitrogen and oxygen atoms in total. The van der Waals surface area contributed by atoms with Crippen LogP contribution in [0.15, 0.2) is 11.1 Å². The van der Waals surface area contributed by atoms with E-state index in [1.807, 2.05) is 23.5 Å². The van der Waals surface area contributed by atoms with Gasteiger partial charge in [0.25, 0.3) is 0 Å². The Morgan fingerprint density at radius 2 is 1.75 bits per heavy atom. The molecule has 4 saturated heterocycles. The number of carbonyl (C=O) groups is 1. The van der Waals surface area contributed by atoms with Gasteiger partial charge in [0.05, 0.1) is 35.7 Å². The first-order valence-corrected chi connectivity index (χ1v) is 14.4. The Morgan fingerprint density at radius 1 is 0.969 bits per heavy atom. The van der Waals surface area contributed by atoms with E-state index in [0.29, 0.717) is 5.25 Å². The first-order valence-electron chi connectivity index (χ1n) is 10.6. The summed E-state index contributed by atoms with van der Waals surface area (Å²) in [4.78, 5) is 13.2. The van der Waals surface area contributed by atoms with Crippen LogP contribution in [0.3, 0.4) is 0 Å². The van der Waals surface area contributed by atoms with Crippen LogP contribution < -0.4 is 0 Å². The quantitative estimate of drug-likeness (QED) is 0.412. The molecular formula is C22H20N4O2S4. The van der Waals surface area contributed by atoms with Gasteiger partial charge in [-0.25, -0.2) is 0 Å². The number of rotatable bonds is 2. The van der Waals surface area contributed by atoms with Gasteiger partial charge in [-0.3, -0.25) is 4.79 Å². The van der Waals surface area contributed by atoms with Gasteiger partial charge in [0.1, 0.15) is 17.7 Å². The Kier molecular flexibility index (Phi) is 6.10. The number of carbonyl (C=O) groups excluding carboxylic acids is 1. The van der Waals surface area contributed by atoms with Crippen LogP contribution in [-0.4, -0.2) is 55.6 Å². The third-order valence-electron chi connectivity index (χ3n) is 7.45. The number of fused-ring (bicyclic) bond motifs is 4. The van der Waals surface area contributed by atoms with Crippen LogP contribution in [0, 0.1) is 69.0 Å². The zero-order chi connectivity index (χ0) is 22.6. The third kappa shape index (κ3) is 3.19. The molecule has 1 saturated carbocycles. The number of hydrogen-bond donors (Lipinski definition) is 0. The Bertz CT molecular complexity index is 1020. The molecule has 0 spiro atoms. The third-order valence-corrected chi connectivity index (χ3v) is 14.5. The van der Waals surface area contributed by atoms with Crippen molar-refractivity contribution in [3.05, 3.63) is 11.1 Å². The molecule has 0 bridgehead atoms. The summed E-state index contributed by atoms with van der Waals surface area (Å²) < 4.78 is 5.28. The van der Waals surface area contributed by atoms with Crippen molar-refractivity contribution < 1.29 is 9.53 Å². The number of ether oxygens (including phenoxy) is 1. The Morgan fingerprint density at radius 3 is 2.41 bits per heavy atom. The smallest absolute Gasteiger partial charge is 0.310 e. The van der Waals surface area contributed by atoms with Gasteiger partial charge in [0.2, 0.25) is 0 Å². The van der Waals surface area contributed by atoms with Gasteiger partial charge >= 0.3 is 5.97 Å². The topological polar surface area (TPSA) is 121 Å². The molecule has 0 amide bonds. The average molecular weight is 501 g/mol.